The van der Waals surface area contributed by atoms with Gasteiger partial charge in [0.05, 0.1) is 12.1 Å². The molecular weight excluding hydrogens is 354 g/mol. The summed E-state index contributed by atoms with van der Waals surface area (Å²) in [5, 5.41) is 19.0. The number of rotatable bonds is 4. The van der Waals surface area contributed by atoms with Gasteiger partial charge < -0.3 is 5.11 Å². The van der Waals surface area contributed by atoms with Crippen molar-refractivity contribution in [2.45, 2.75) is 51.3 Å². The van der Waals surface area contributed by atoms with Gasteiger partial charge in [0.2, 0.25) is 0 Å². The highest BCUT2D eigenvalue weighted by Gasteiger charge is 2.30. The molecule has 1 fully saturated rings. The average Bonchev–Trinajstić information content (AvgIpc) is 3.27. The maximum atomic E-state index is 13.2. The van der Waals surface area contributed by atoms with Gasteiger partial charge in [0.15, 0.2) is 11.6 Å². The maximum absolute atomic E-state index is 13.2. The van der Waals surface area contributed by atoms with E-state index in [2.05, 4.69) is 20.2 Å². The zero-order chi connectivity index (χ0) is 19.0. The standard InChI is InChI=1S/C18H20F2N6O/c1-11-10-13(23-25(11)18(19)20)17-22-16(12-6-4-5-9-21-12)24-26(17)14-7-2-3-8-15(14)27/h4-6,9-10,14-15,18,27H,2-3,7-8H2,1H3/t14-,15-/m1/s1. The molecule has 3 heterocycles. The predicted molar refractivity (Wildman–Crippen MR) is 94.0 cm³/mol. The lowest BCUT2D eigenvalue weighted by atomic mass is 9.92. The molecule has 142 valence electrons. The lowest BCUT2D eigenvalue weighted by Gasteiger charge is -2.28. The summed E-state index contributed by atoms with van der Waals surface area (Å²) in [6.07, 6.45) is 4.41. The lowest BCUT2D eigenvalue weighted by molar-refractivity contribution is 0.0544. The number of pyridine rings is 1. The van der Waals surface area contributed by atoms with Crippen LogP contribution in [0.1, 0.15) is 44.0 Å². The van der Waals surface area contributed by atoms with Gasteiger partial charge in [-0.05, 0) is 38.0 Å². The molecule has 0 unspecified atom stereocenters. The largest absolute Gasteiger partial charge is 0.391 e. The molecule has 9 heteroatoms. The SMILES string of the molecule is Cc1cc(-c2nc(-c3ccccn3)nn2[C@@H]2CCCC[C@H]2O)nn1C(F)F. The molecule has 2 atom stereocenters. The normalized spacial score (nSPS) is 20.3. The third-order valence-electron chi connectivity index (χ3n) is 4.87. The first-order valence-corrected chi connectivity index (χ1v) is 8.95. The fraction of sp³-hybridized carbons (Fsp3) is 0.444. The van der Waals surface area contributed by atoms with Gasteiger partial charge in [-0.3, -0.25) is 4.98 Å². The van der Waals surface area contributed by atoms with E-state index in [-0.39, 0.29) is 6.04 Å². The van der Waals surface area contributed by atoms with Crippen LogP contribution in [0.2, 0.25) is 0 Å². The molecule has 3 aromatic rings. The van der Waals surface area contributed by atoms with Crippen LogP contribution in [0.15, 0.2) is 30.5 Å². The van der Waals surface area contributed by atoms with Crippen LogP contribution in [0.5, 0.6) is 0 Å². The van der Waals surface area contributed by atoms with E-state index in [1.165, 1.54) is 0 Å². The summed E-state index contributed by atoms with van der Waals surface area (Å²) < 4.78 is 28.6. The summed E-state index contributed by atoms with van der Waals surface area (Å²) >= 11 is 0. The van der Waals surface area contributed by atoms with Crippen molar-refractivity contribution < 1.29 is 13.9 Å². The van der Waals surface area contributed by atoms with Crippen molar-refractivity contribution in [1.29, 1.82) is 0 Å². The summed E-state index contributed by atoms with van der Waals surface area (Å²) in [4.78, 5) is 8.80. The van der Waals surface area contributed by atoms with E-state index in [1.54, 1.807) is 36.0 Å². The molecule has 1 aliphatic rings. The van der Waals surface area contributed by atoms with Crippen LogP contribution in [0, 0.1) is 6.92 Å². The molecule has 0 saturated heterocycles. The van der Waals surface area contributed by atoms with Crippen molar-refractivity contribution in [1.82, 2.24) is 29.5 Å². The van der Waals surface area contributed by atoms with E-state index in [0.29, 0.717) is 39.8 Å². The predicted octanol–water partition coefficient (Wildman–Crippen LogP) is 3.38. The highest BCUT2D eigenvalue weighted by molar-refractivity contribution is 5.57. The summed E-state index contributed by atoms with van der Waals surface area (Å²) in [6.45, 7) is -1.16. The van der Waals surface area contributed by atoms with E-state index in [4.69, 9.17) is 0 Å². The van der Waals surface area contributed by atoms with Crippen LogP contribution < -0.4 is 0 Å². The van der Waals surface area contributed by atoms with Gasteiger partial charge in [-0.25, -0.2) is 14.3 Å². The van der Waals surface area contributed by atoms with Crippen LogP contribution in [0.4, 0.5) is 8.78 Å². The monoisotopic (exact) mass is 374 g/mol. The van der Waals surface area contributed by atoms with Crippen molar-refractivity contribution in [2.75, 3.05) is 0 Å². The molecule has 1 N–H and O–H groups in total. The Morgan fingerprint density at radius 2 is 1.96 bits per heavy atom. The summed E-state index contributed by atoms with van der Waals surface area (Å²) in [5.41, 5.74) is 1.21. The first kappa shape index (κ1) is 17.7. The topological polar surface area (TPSA) is 81.7 Å². The molecule has 4 rings (SSSR count). The number of hydrogen-bond acceptors (Lipinski definition) is 5. The lowest BCUT2D eigenvalue weighted by Crippen LogP contribution is -2.29. The first-order valence-electron chi connectivity index (χ1n) is 8.95. The number of aliphatic hydroxyl groups excluding tert-OH is 1. The quantitative estimate of drug-likeness (QED) is 0.757. The minimum atomic E-state index is -2.73. The Hall–Kier alpha value is -2.68. The maximum Gasteiger partial charge on any atom is 0.333 e. The average molecular weight is 374 g/mol. The Balaban J connectivity index is 1.83. The van der Waals surface area contributed by atoms with Gasteiger partial charge >= 0.3 is 6.55 Å². The summed E-state index contributed by atoms with van der Waals surface area (Å²) in [7, 11) is 0. The zero-order valence-electron chi connectivity index (χ0n) is 14.8. The fourth-order valence-corrected chi connectivity index (χ4v) is 3.50. The second-order valence-electron chi connectivity index (χ2n) is 6.73. The summed E-state index contributed by atoms with van der Waals surface area (Å²) in [5.74, 6) is 0.747. The van der Waals surface area contributed by atoms with Gasteiger partial charge in [-0.15, -0.1) is 5.10 Å². The van der Waals surface area contributed by atoms with Gasteiger partial charge in [-0.2, -0.15) is 13.9 Å². The van der Waals surface area contributed by atoms with Crippen LogP contribution in [0.3, 0.4) is 0 Å². The number of alkyl halides is 2. The van der Waals surface area contributed by atoms with Gasteiger partial charge in [-0.1, -0.05) is 18.9 Å². The van der Waals surface area contributed by atoms with E-state index in [1.807, 2.05) is 6.07 Å². The molecule has 1 saturated carbocycles. The molecule has 7 nitrogen and oxygen atoms in total. The van der Waals surface area contributed by atoms with Crippen molar-refractivity contribution in [2.24, 2.45) is 0 Å². The number of aliphatic hydroxyl groups is 1. The van der Waals surface area contributed by atoms with E-state index >= 15 is 0 Å². The van der Waals surface area contributed by atoms with Crippen molar-refractivity contribution >= 4 is 0 Å². The second-order valence-corrected chi connectivity index (χ2v) is 6.73. The molecule has 0 bridgehead atoms. The Bertz CT molecular complexity index is 923. The Labute approximate surface area is 154 Å². The molecule has 3 aromatic heterocycles. The minimum Gasteiger partial charge on any atom is -0.391 e. The van der Waals surface area contributed by atoms with Crippen molar-refractivity contribution in [3.05, 3.63) is 36.2 Å². The first-order chi connectivity index (χ1) is 13.0. The van der Waals surface area contributed by atoms with Gasteiger partial charge in [0.25, 0.3) is 0 Å². The Morgan fingerprint density at radius 3 is 2.63 bits per heavy atom. The van der Waals surface area contributed by atoms with Crippen LogP contribution in [-0.4, -0.2) is 40.7 Å². The van der Waals surface area contributed by atoms with Crippen LogP contribution >= 0.6 is 0 Å². The number of aryl methyl sites for hydroxylation is 1. The Kier molecular flexibility index (Phi) is 4.69. The fourth-order valence-electron chi connectivity index (χ4n) is 3.50. The molecule has 1 aliphatic carbocycles. The van der Waals surface area contributed by atoms with Crippen LogP contribution in [-0.2, 0) is 0 Å². The third-order valence-corrected chi connectivity index (χ3v) is 4.87. The second kappa shape index (κ2) is 7.15. The number of halogens is 2. The molecular formula is C18H20F2N6O. The Morgan fingerprint density at radius 1 is 1.15 bits per heavy atom. The highest BCUT2D eigenvalue weighted by atomic mass is 19.3. The molecule has 0 amide bonds. The number of hydrogen-bond donors (Lipinski definition) is 1. The molecule has 0 spiro atoms. The molecule has 0 aromatic carbocycles. The van der Waals surface area contributed by atoms with Crippen molar-refractivity contribution in [3.63, 3.8) is 0 Å². The zero-order valence-corrected chi connectivity index (χ0v) is 14.8. The molecule has 0 radical (unpaired) electrons. The van der Waals surface area contributed by atoms with E-state index in [9.17, 15) is 13.9 Å². The van der Waals surface area contributed by atoms with E-state index in [0.717, 1.165) is 19.3 Å². The molecule has 0 aliphatic heterocycles. The minimum absolute atomic E-state index is 0.268. The van der Waals surface area contributed by atoms with Gasteiger partial charge in [0, 0.05) is 11.9 Å². The van der Waals surface area contributed by atoms with Crippen molar-refractivity contribution in [3.8, 4) is 23.0 Å². The van der Waals surface area contributed by atoms with E-state index < -0.39 is 12.7 Å². The van der Waals surface area contributed by atoms with Gasteiger partial charge in [0.1, 0.15) is 11.4 Å². The number of nitrogens with zero attached hydrogens (tertiary/aromatic N) is 6. The highest BCUT2D eigenvalue weighted by Crippen LogP contribution is 2.33. The number of aromatic nitrogens is 6. The van der Waals surface area contributed by atoms with Crippen LogP contribution in [0.25, 0.3) is 23.0 Å². The summed E-state index contributed by atoms with van der Waals surface area (Å²) in [6, 6.07) is 6.69. The molecule has 27 heavy (non-hydrogen) atoms. The smallest absolute Gasteiger partial charge is 0.333 e. The third kappa shape index (κ3) is 3.34.